The number of ether oxygens (including phenoxy) is 1. The van der Waals surface area contributed by atoms with Crippen LogP contribution in [0.5, 0.6) is 5.75 Å². The zero-order valence-electron chi connectivity index (χ0n) is 7.26. The van der Waals surface area contributed by atoms with Crippen LogP contribution in [0, 0.1) is 10.1 Å². The number of methoxy groups -OCH3 is 1. The summed E-state index contributed by atoms with van der Waals surface area (Å²) < 4.78 is 4.30. The third-order valence-electron chi connectivity index (χ3n) is 1.61. The third kappa shape index (κ3) is 1.63. The van der Waals surface area contributed by atoms with Gasteiger partial charge >= 0.3 is 5.97 Å². The molecule has 0 aliphatic rings. The van der Waals surface area contributed by atoms with Gasteiger partial charge in [0.2, 0.25) is 0 Å². The van der Waals surface area contributed by atoms with Crippen LogP contribution in [0.3, 0.4) is 0 Å². The zero-order chi connectivity index (χ0) is 10.7. The summed E-state index contributed by atoms with van der Waals surface area (Å²) in [5, 5.41) is 19.7. The van der Waals surface area contributed by atoms with Gasteiger partial charge in [0.05, 0.1) is 12.0 Å². The van der Waals surface area contributed by atoms with E-state index in [0.29, 0.717) is 0 Å². The van der Waals surface area contributed by atoms with E-state index in [1.54, 1.807) is 0 Å². The molecule has 1 aromatic carbocycles. The van der Waals surface area contributed by atoms with Crippen LogP contribution < -0.4 is 0 Å². The normalized spacial score (nSPS) is 9.50. The summed E-state index contributed by atoms with van der Waals surface area (Å²) in [6.45, 7) is 0. The fourth-order valence-electron chi connectivity index (χ4n) is 0.992. The van der Waals surface area contributed by atoms with Crippen molar-refractivity contribution in [2.75, 3.05) is 7.11 Å². The highest BCUT2D eigenvalue weighted by Crippen LogP contribution is 2.27. The van der Waals surface area contributed by atoms with Gasteiger partial charge in [0.25, 0.3) is 5.69 Å². The molecule has 0 saturated carbocycles. The van der Waals surface area contributed by atoms with Crippen LogP contribution >= 0.6 is 0 Å². The Bertz CT molecular complexity index is 387. The highest BCUT2D eigenvalue weighted by atomic mass is 16.6. The molecule has 0 bridgehead atoms. The first-order valence-corrected chi connectivity index (χ1v) is 3.62. The van der Waals surface area contributed by atoms with Crippen LogP contribution in [-0.2, 0) is 4.74 Å². The zero-order valence-corrected chi connectivity index (χ0v) is 7.26. The fraction of sp³-hybridized carbons (Fsp3) is 0.125. The standard InChI is InChI=1S/C8H7NO5/c1-14-8(11)7-5(9(12)13)3-2-4-6(7)10/h2-4,10H,1H3. The van der Waals surface area contributed by atoms with Gasteiger partial charge in [-0.05, 0) is 6.07 Å². The summed E-state index contributed by atoms with van der Waals surface area (Å²) in [7, 11) is 1.08. The van der Waals surface area contributed by atoms with Gasteiger partial charge in [0, 0.05) is 6.07 Å². The lowest BCUT2D eigenvalue weighted by molar-refractivity contribution is -0.385. The summed E-state index contributed by atoms with van der Waals surface area (Å²) in [5.41, 5.74) is -0.906. The van der Waals surface area contributed by atoms with Crippen molar-refractivity contribution in [1.82, 2.24) is 0 Å². The monoisotopic (exact) mass is 197 g/mol. The average molecular weight is 197 g/mol. The molecular weight excluding hydrogens is 190 g/mol. The maximum Gasteiger partial charge on any atom is 0.348 e. The van der Waals surface area contributed by atoms with Gasteiger partial charge in [-0.2, -0.15) is 0 Å². The van der Waals surface area contributed by atoms with E-state index < -0.39 is 27.9 Å². The van der Waals surface area contributed by atoms with E-state index in [9.17, 15) is 20.0 Å². The minimum atomic E-state index is -0.935. The van der Waals surface area contributed by atoms with Crippen molar-refractivity contribution in [3.05, 3.63) is 33.9 Å². The maximum absolute atomic E-state index is 11.1. The molecule has 0 radical (unpaired) electrons. The number of carbonyl (C=O) groups excluding carboxylic acids is 1. The number of nitrogens with zero attached hydrogens (tertiary/aromatic N) is 1. The predicted molar refractivity (Wildman–Crippen MR) is 46.1 cm³/mol. The number of carbonyl (C=O) groups is 1. The Kier molecular flexibility index (Phi) is 2.66. The van der Waals surface area contributed by atoms with E-state index >= 15 is 0 Å². The summed E-state index contributed by atoms with van der Waals surface area (Å²) >= 11 is 0. The number of nitro benzene ring substituents is 1. The van der Waals surface area contributed by atoms with E-state index in [2.05, 4.69) is 4.74 Å². The van der Waals surface area contributed by atoms with Crippen molar-refractivity contribution in [1.29, 1.82) is 0 Å². The SMILES string of the molecule is COC(=O)c1c(O)cccc1[N+](=O)[O-]. The average Bonchev–Trinajstić information content (AvgIpc) is 2.16. The second-order valence-corrected chi connectivity index (χ2v) is 2.42. The summed E-state index contributed by atoms with van der Waals surface area (Å²) in [4.78, 5) is 20.8. The Balaban J connectivity index is 3.36. The molecule has 0 atom stereocenters. The predicted octanol–water partition coefficient (Wildman–Crippen LogP) is 1.09. The second-order valence-electron chi connectivity index (χ2n) is 2.42. The van der Waals surface area contributed by atoms with Crippen LogP contribution in [0.15, 0.2) is 18.2 Å². The highest BCUT2D eigenvalue weighted by Gasteiger charge is 2.24. The molecule has 6 heteroatoms. The number of rotatable bonds is 2. The molecule has 0 fully saturated rings. The maximum atomic E-state index is 11.1. The number of phenolic OH excluding ortho intramolecular Hbond substituents is 1. The van der Waals surface area contributed by atoms with Gasteiger partial charge in [-0.25, -0.2) is 4.79 Å². The summed E-state index contributed by atoms with van der Waals surface area (Å²) in [6, 6.07) is 3.57. The first-order valence-electron chi connectivity index (χ1n) is 3.62. The number of esters is 1. The van der Waals surface area contributed by atoms with Crippen molar-refractivity contribution >= 4 is 11.7 Å². The molecule has 1 rings (SSSR count). The summed E-state index contributed by atoms with van der Waals surface area (Å²) in [5.74, 6) is -1.40. The molecule has 6 nitrogen and oxygen atoms in total. The quantitative estimate of drug-likeness (QED) is 0.435. The fourth-order valence-corrected chi connectivity index (χ4v) is 0.992. The lowest BCUT2D eigenvalue weighted by Gasteiger charge is -2.02. The van der Waals surface area contributed by atoms with E-state index in [1.165, 1.54) is 12.1 Å². The van der Waals surface area contributed by atoms with Crippen molar-refractivity contribution in [2.45, 2.75) is 0 Å². The number of hydrogen-bond acceptors (Lipinski definition) is 5. The van der Waals surface area contributed by atoms with E-state index in [1.807, 2.05) is 0 Å². The molecule has 0 amide bonds. The molecule has 0 aliphatic carbocycles. The minimum absolute atomic E-state index is 0.431. The topological polar surface area (TPSA) is 89.7 Å². The Labute approximate surface area is 78.9 Å². The van der Waals surface area contributed by atoms with E-state index in [-0.39, 0.29) is 0 Å². The van der Waals surface area contributed by atoms with Gasteiger partial charge in [-0.1, -0.05) is 6.07 Å². The largest absolute Gasteiger partial charge is 0.507 e. The first kappa shape index (κ1) is 9.97. The van der Waals surface area contributed by atoms with Gasteiger partial charge < -0.3 is 9.84 Å². The Morgan fingerprint density at radius 1 is 1.57 bits per heavy atom. The minimum Gasteiger partial charge on any atom is -0.507 e. The number of benzene rings is 1. The molecule has 14 heavy (non-hydrogen) atoms. The number of nitro groups is 1. The van der Waals surface area contributed by atoms with Gasteiger partial charge in [-0.15, -0.1) is 0 Å². The van der Waals surface area contributed by atoms with Crippen molar-refractivity contribution in [3.8, 4) is 5.75 Å². The van der Waals surface area contributed by atoms with Crippen molar-refractivity contribution in [2.24, 2.45) is 0 Å². The first-order chi connectivity index (χ1) is 6.57. The molecule has 1 aromatic rings. The van der Waals surface area contributed by atoms with E-state index in [4.69, 9.17) is 0 Å². The lowest BCUT2D eigenvalue weighted by Crippen LogP contribution is -2.05. The Morgan fingerprint density at radius 3 is 2.71 bits per heavy atom. The second kappa shape index (κ2) is 3.73. The Morgan fingerprint density at radius 2 is 2.21 bits per heavy atom. The van der Waals surface area contributed by atoms with Crippen LogP contribution in [0.1, 0.15) is 10.4 Å². The highest BCUT2D eigenvalue weighted by molar-refractivity contribution is 5.96. The van der Waals surface area contributed by atoms with E-state index in [0.717, 1.165) is 13.2 Å². The number of aromatic hydroxyl groups is 1. The lowest BCUT2D eigenvalue weighted by atomic mass is 10.1. The van der Waals surface area contributed by atoms with Crippen LogP contribution in [-0.4, -0.2) is 23.1 Å². The molecule has 0 aromatic heterocycles. The third-order valence-corrected chi connectivity index (χ3v) is 1.61. The van der Waals surface area contributed by atoms with Gasteiger partial charge in [-0.3, -0.25) is 10.1 Å². The van der Waals surface area contributed by atoms with Gasteiger partial charge in [0.1, 0.15) is 5.75 Å². The Hall–Kier alpha value is -2.11. The smallest absolute Gasteiger partial charge is 0.348 e. The molecule has 0 aliphatic heterocycles. The van der Waals surface area contributed by atoms with Gasteiger partial charge in [0.15, 0.2) is 5.56 Å². The van der Waals surface area contributed by atoms with Crippen LogP contribution in [0.25, 0.3) is 0 Å². The van der Waals surface area contributed by atoms with Crippen molar-refractivity contribution < 1.29 is 19.6 Å². The van der Waals surface area contributed by atoms with Crippen molar-refractivity contribution in [3.63, 3.8) is 0 Å². The molecule has 74 valence electrons. The molecule has 0 unspecified atom stereocenters. The van der Waals surface area contributed by atoms with Crippen LogP contribution in [0.2, 0.25) is 0 Å². The molecule has 0 spiro atoms. The summed E-state index contributed by atoms with van der Waals surface area (Å²) in [6.07, 6.45) is 0. The number of phenols is 1. The van der Waals surface area contributed by atoms with Crippen LogP contribution in [0.4, 0.5) is 5.69 Å². The molecular formula is C8H7NO5. The molecule has 0 saturated heterocycles. The molecule has 1 N–H and O–H groups in total. The molecule has 0 heterocycles. The number of hydrogen-bond donors (Lipinski definition) is 1.